The number of carbonyl (C=O) groups is 2. The summed E-state index contributed by atoms with van der Waals surface area (Å²) < 4.78 is 9.97. The molecule has 5 heteroatoms. The van der Waals surface area contributed by atoms with Gasteiger partial charge in [0.1, 0.15) is 6.61 Å². The smallest absolute Gasteiger partial charge is 0.303 e. The molecule has 0 unspecified atom stereocenters. The van der Waals surface area contributed by atoms with Crippen LogP contribution in [-0.2, 0) is 19.1 Å². The summed E-state index contributed by atoms with van der Waals surface area (Å²) in [5, 5.41) is 0. The van der Waals surface area contributed by atoms with E-state index in [0.29, 0.717) is 0 Å². The summed E-state index contributed by atoms with van der Waals surface area (Å²) in [5.41, 5.74) is -0.378. The number of rotatable bonds is 11. The molecule has 0 heterocycles. The van der Waals surface area contributed by atoms with Crippen LogP contribution in [0.2, 0.25) is 0 Å². The number of esters is 2. The average molecular weight is 290 g/mol. The summed E-state index contributed by atoms with van der Waals surface area (Å²) in [6, 6.07) is 0. The summed E-state index contributed by atoms with van der Waals surface area (Å²) >= 11 is 1.54. The fraction of sp³-hybridized carbons (Fsp3) is 0.857. The summed E-state index contributed by atoms with van der Waals surface area (Å²) in [5.74, 6) is 0.232. The van der Waals surface area contributed by atoms with E-state index in [1.54, 1.807) is 0 Å². The van der Waals surface area contributed by atoms with E-state index in [4.69, 9.17) is 9.47 Å². The SMILES string of the molecule is CCCCCCCCS[C@@H](COC(C)=O)OC(C)=O. The predicted octanol–water partition coefficient (Wildman–Crippen LogP) is 3.53. The van der Waals surface area contributed by atoms with Crippen molar-refractivity contribution in [3.8, 4) is 0 Å². The van der Waals surface area contributed by atoms with Crippen LogP contribution < -0.4 is 0 Å². The van der Waals surface area contributed by atoms with Gasteiger partial charge in [-0.3, -0.25) is 9.59 Å². The topological polar surface area (TPSA) is 52.6 Å². The van der Waals surface area contributed by atoms with Gasteiger partial charge in [0.05, 0.1) is 0 Å². The van der Waals surface area contributed by atoms with Crippen LogP contribution >= 0.6 is 11.8 Å². The molecular formula is C14H26O4S. The zero-order valence-electron chi connectivity index (χ0n) is 12.3. The lowest BCUT2D eigenvalue weighted by atomic mass is 10.1. The van der Waals surface area contributed by atoms with E-state index in [9.17, 15) is 9.59 Å². The predicted molar refractivity (Wildman–Crippen MR) is 78.0 cm³/mol. The van der Waals surface area contributed by atoms with Crippen molar-refractivity contribution in [2.75, 3.05) is 12.4 Å². The number of hydrogen-bond acceptors (Lipinski definition) is 5. The van der Waals surface area contributed by atoms with E-state index in [-0.39, 0.29) is 24.0 Å². The minimum Gasteiger partial charge on any atom is -0.461 e. The van der Waals surface area contributed by atoms with Gasteiger partial charge in [-0.25, -0.2) is 0 Å². The first-order valence-corrected chi connectivity index (χ1v) is 8.03. The van der Waals surface area contributed by atoms with Crippen molar-refractivity contribution in [2.45, 2.75) is 64.7 Å². The number of hydrogen-bond donors (Lipinski definition) is 0. The molecule has 4 nitrogen and oxygen atoms in total. The Morgan fingerprint density at radius 3 is 2.21 bits per heavy atom. The van der Waals surface area contributed by atoms with Gasteiger partial charge in [0.25, 0.3) is 0 Å². The van der Waals surface area contributed by atoms with Crippen LogP contribution in [0.25, 0.3) is 0 Å². The van der Waals surface area contributed by atoms with E-state index in [2.05, 4.69) is 6.92 Å². The Morgan fingerprint density at radius 1 is 1.00 bits per heavy atom. The number of ether oxygens (including phenoxy) is 2. The maximum absolute atomic E-state index is 10.9. The molecule has 112 valence electrons. The summed E-state index contributed by atoms with van der Waals surface area (Å²) in [4.78, 5) is 21.7. The van der Waals surface area contributed by atoms with E-state index < -0.39 is 0 Å². The van der Waals surface area contributed by atoms with Crippen LogP contribution in [-0.4, -0.2) is 29.7 Å². The van der Waals surface area contributed by atoms with Gasteiger partial charge in [0, 0.05) is 13.8 Å². The van der Waals surface area contributed by atoms with Gasteiger partial charge in [-0.1, -0.05) is 39.0 Å². The number of carbonyl (C=O) groups excluding carboxylic acids is 2. The zero-order chi connectivity index (χ0) is 14.5. The molecular weight excluding hydrogens is 264 g/mol. The molecule has 0 fully saturated rings. The maximum atomic E-state index is 10.9. The van der Waals surface area contributed by atoms with E-state index >= 15 is 0 Å². The first-order valence-electron chi connectivity index (χ1n) is 6.98. The van der Waals surface area contributed by atoms with Gasteiger partial charge in [-0.15, -0.1) is 11.8 Å². The second-order valence-electron chi connectivity index (χ2n) is 4.48. The molecule has 0 N–H and O–H groups in total. The molecule has 0 rings (SSSR count). The molecule has 0 amide bonds. The van der Waals surface area contributed by atoms with Gasteiger partial charge in [-0.2, -0.15) is 0 Å². The van der Waals surface area contributed by atoms with Crippen molar-refractivity contribution in [3.05, 3.63) is 0 Å². The average Bonchev–Trinajstić information content (AvgIpc) is 2.33. The monoisotopic (exact) mass is 290 g/mol. The molecule has 0 radical (unpaired) electrons. The van der Waals surface area contributed by atoms with E-state index in [0.717, 1.165) is 12.2 Å². The highest BCUT2D eigenvalue weighted by Crippen LogP contribution is 2.17. The summed E-state index contributed by atoms with van der Waals surface area (Å²) in [6.45, 7) is 5.05. The lowest BCUT2D eigenvalue weighted by Gasteiger charge is -2.16. The largest absolute Gasteiger partial charge is 0.461 e. The quantitative estimate of drug-likeness (QED) is 0.331. The van der Waals surface area contributed by atoms with Crippen LogP contribution in [0.4, 0.5) is 0 Å². The van der Waals surface area contributed by atoms with Crippen molar-refractivity contribution < 1.29 is 19.1 Å². The normalized spacial score (nSPS) is 11.9. The number of thioether (sulfide) groups is 1. The Morgan fingerprint density at radius 2 is 1.63 bits per heavy atom. The molecule has 0 bridgehead atoms. The van der Waals surface area contributed by atoms with Crippen LogP contribution in [0, 0.1) is 0 Å². The highest BCUT2D eigenvalue weighted by molar-refractivity contribution is 7.99. The highest BCUT2D eigenvalue weighted by atomic mass is 32.2. The van der Waals surface area contributed by atoms with E-state index in [1.165, 1.54) is 57.7 Å². The maximum Gasteiger partial charge on any atom is 0.303 e. The molecule has 19 heavy (non-hydrogen) atoms. The highest BCUT2D eigenvalue weighted by Gasteiger charge is 2.13. The van der Waals surface area contributed by atoms with Gasteiger partial charge >= 0.3 is 11.9 Å². The lowest BCUT2D eigenvalue weighted by Crippen LogP contribution is -2.21. The third-order valence-corrected chi connectivity index (χ3v) is 3.65. The van der Waals surface area contributed by atoms with Gasteiger partial charge in [0.2, 0.25) is 0 Å². The second-order valence-corrected chi connectivity index (χ2v) is 5.75. The molecule has 0 aliphatic carbocycles. The Kier molecular flexibility index (Phi) is 11.9. The molecule has 0 aliphatic heterocycles. The third-order valence-electron chi connectivity index (χ3n) is 2.52. The Hall–Kier alpha value is -0.710. The molecule has 0 saturated carbocycles. The van der Waals surface area contributed by atoms with Crippen LogP contribution in [0.15, 0.2) is 0 Å². The molecule has 0 saturated heterocycles. The van der Waals surface area contributed by atoms with Gasteiger partial charge in [0.15, 0.2) is 5.44 Å². The molecule has 0 spiro atoms. The Labute approximate surface area is 120 Å². The third kappa shape index (κ3) is 13.5. The zero-order valence-corrected chi connectivity index (χ0v) is 13.1. The summed E-state index contributed by atoms with van der Waals surface area (Å²) in [7, 11) is 0. The molecule has 0 aromatic heterocycles. The fourth-order valence-electron chi connectivity index (χ4n) is 1.58. The van der Waals surface area contributed by atoms with Gasteiger partial charge in [-0.05, 0) is 12.2 Å². The Balaban J connectivity index is 3.67. The number of unbranched alkanes of at least 4 members (excludes halogenated alkanes) is 5. The standard InChI is InChI=1S/C14H26O4S/c1-4-5-6-7-8-9-10-19-14(18-13(3)16)11-17-12(2)15/h14H,4-11H2,1-3H3/t14-/m0/s1. The fourth-order valence-corrected chi connectivity index (χ4v) is 2.59. The molecule has 0 aromatic carbocycles. The van der Waals surface area contributed by atoms with Crippen molar-refractivity contribution in [1.29, 1.82) is 0 Å². The first-order chi connectivity index (χ1) is 9.06. The molecule has 1 atom stereocenters. The van der Waals surface area contributed by atoms with Crippen molar-refractivity contribution in [3.63, 3.8) is 0 Å². The van der Waals surface area contributed by atoms with Crippen LogP contribution in [0.5, 0.6) is 0 Å². The molecule has 0 aliphatic rings. The van der Waals surface area contributed by atoms with E-state index in [1.807, 2.05) is 0 Å². The Bertz CT molecular complexity index is 256. The summed E-state index contributed by atoms with van der Waals surface area (Å²) in [6.07, 6.45) is 7.42. The van der Waals surface area contributed by atoms with Crippen LogP contribution in [0.3, 0.4) is 0 Å². The van der Waals surface area contributed by atoms with Crippen LogP contribution in [0.1, 0.15) is 59.3 Å². The van der Waals surface area contributed by atoms with Crippen molar-refractivity contribution in [2.24, 2.45) is 0 Å². The minimum atomic E-state index is -0.378. The first kappa shape index (κ1) is 18.3. The lowest BCUT2D eigenvalue weighted by molar-refractivity contribution is -0.151. The van der Waals surface area contributed by atoms with Crippen molar-refractivity contribution >= 4 is 23.7 Å². The van der Waals surface area contributed by atoms with Crippen molar-refractivity contribution in [1.82, 2.24) is 0 Å². The second kappa shape index (κ2) is 12.3. The minimum absolute atomic E-state index is 0.134. The molecule has 0 aromatic rings. The van der Waals surface area contributed by atoms with Gasteiger partial charge < -0.3 is 9.47 Å².